The first-order chi connectivity index (χ1) is 6.99. The third kappa shape index (κ3) is 2.36. The molecule has 0 radical (unpaired) electrons. The summed E-state index contributed by atoms with van der Waals surface area (Å²) in [6, 6.07) is 3.36. The number of hydrogen-bond acceptors (Lipinski definition) is 2. The Labute approximate surface area is 98.5 Å². The molecule has 1 rings (SSSR count). The van der Waals surface area contributed by atoms with Gasteiger partial charge in [0.25, 0.3) is 0 Å². The van der Waals surface area contributed by atoms with Crippen LogP contribution in [-0.4, -0.2) is 20.1 Å². The normalized spacial score (nSPS) is 9.93. The molecule has 0 saturated carbocycles. The second kappa shape index (κ2) is 4.73. The van der Waals surface area contributed by atoms with Gasteiger partial charge in [0.2, 0.25) is 5.91 Å². The summed E-state index contributed by atoms with van der Waals surface area (Å²) in [4.78, 5) is 12.6. The molecule has 1 aromatic rings. The molecule has 82 valence electrons. The van der Waals surface area contributed by atoms with Crippen molar-refractivity contribution in [3.8, 4) is 5.75 Å². The minimum absolute atomic E-state index is 0.113. The number of carbonyl (C=O) groups excluding carboxylic acids is 1. The first-order valence-electron chi connectivity index (χ1n) is 4.25. The van der Waals surface area contributed by atoms with Crippen LogP contribution in [-0.2, 0) is 4.79 Å². The van der Waals surface area contributed by atoms with Crippen molar-refractivity contribution in [3.05, 3.63) is 22.2 Å². The second-order valence-corrected chi connectivity index (χ2v) is 3.75. The number of methoxy groups -OCH3 is 1. The third-order valence-corrected chi connectivity index (χ3v) is 2.93. The highest BCUT2D eigenvalue weighted by molar-refractivity contribution is 6.44. The monoisotopic (exact) mass is 247 g/mol. The fraction of sp³-hybridized carbons (Fsp3) is 0.300. The number of benzene rings is 1. The van der Waals surface area contributed by atoms with E-state index in [0.29, 0.717) is 21.5 Å². The highest BCUT2D eigenvalue weighted by atomic mass is 35.5. The molecule has 0 aliphatic carbocycles. The van der Waals surface area contributed by atoms with Crippen molar-refractivity contribution in [2.45, 2.75) is 6.92 Å². The van der Waals surface area contributed by atoms with Gasteiger partial charge in [0, 0.05) is 14.0 Å². The number of halogens is 2. The summed E-state index contributed by atoms with van der Waals surface area (Å²) in [5.41, 5.74) is 0.565. The van der Waals surface area contributed by atoms with Gasteiger partial charge in [-0.05, 0) is 12.1 Å². The van der Waals surface area contributed by atoms with E-state index in [4.69, 9.17) is 27.9 Å². The van der Waals surface area contributed by atoms with Crippen molar-refractivity contribution in [1.29, 1.82) is 0 Å². The predicted molar refractivity (Wildman–Crippen MR) is 62.1 cm³/mol. The number of carbonyl (C=O) groups is 1. The van der Waals surface area contributed by atoms with Crippen LogP contribution in [0.1, 0.15) is 6.92 Å². The van der Waals surface area contributed by atoms with Gasteiger partial charge in [0.05, 0.1) is 17.8 Å². The SMILES string of the molecule is COc1ccc(N(C)C(C)=O)c(Cl)c1Cl. The predicted octanol–water partition coefficient (Wildman–Crippen LogP) is 2.98. The van der Waals surface area contributed by atoms with Gasteiger partial charge in [0.15, 0.2) is 0 Å². The summed E-state index contributed by atoms with van der Waals surface area (Å²) in [6.45, 7) is 1.45. The molecule has 0 fully saturated rings. The summed E-state index contributed by atoms with van der Waals surface area (Å²) in [5.74, 6) is 0.375. The van der Waals surface area contributed by atoms with Crippen LogP contribution in [0.4, 0.5) is 5.69 Å². The van der Waals surface area contributed by atoms with E-state index in [1.54, 1.807) is 19.2 Å². The Morgan fingerprint density at radius 1 is 1.33 bits per heavy atom. The van der Waals surface area contributed by atoms with Crippen LogP contribution in [0.3, 0.4) is 0 Å². The van der Waals surface area contributed by atoms with Gasteiger partial charge in [-0.3, -0.25) is 4.79 Å². The minimum atomic E-state index is -0.113. The number of ether oxygens (including phenoxy) is 1. The van der Waals surface area contributed by atoms with Crippen molar-refractivity contribution in [1.82, 2.24) is 0 Å². The van der Waals surface area contributed by atoms with Gasteiger partial charge in [0.1, 0.15) is 10.8 Å². The molecular weight excluding hydrogens is 237 g/mol. The smallest absolute Gasteiger partial charge is 0.223 e. The number of hydrogen-bond donors (Lipinski definition) is 0. The fourth-order valence-electron chi connectivity index (χ4n) is 1.11. The van der Waals surface area contributed by atoms with E-state index < -0.39 is 0 Å². The molecule has 1 aromatic carbocycles. The summed E-state index contributed by atoms with van der Waals surface area (Å²) in [6.07, 6.45) is 0. The summed E-state index contributed by atoms with van der Waals surface area (Å²) < 4.78 is 5.00. The van der Waals surface area contributed by atoms with E-state index in [1.165, 1.54) is 18.9 Å². The van der Waals surface area contributed by atoms with E-state index in [9.17, 15) is 4.79 Å². The Balaban J connectivity index is 3.23. The second-order valence-electron chi connectivity index (χ2n) is 2.99. The Morgan fingerprint density at radius 3 is 2.40 bits per heavy atom. The lowest BCUT2D eigenvalue weighted by Crippen LogP contribution is -2.23. The van der Waals surface area contributed by atoms with E-state index in [1.807, 2.05) is 0 Å². The fourth-order valence-corrected chi connectivity index (χ4v) is 1.63. The van der Waals surface area contributed by atoms with E-state index in [0.717, 1.165) is 0 Å². The highest BCUT2D eigenvalue weighted by Crippen LogP contribution is 2.38. The maximum atomic E-state index is 11.2. The topological polar surface area (TPSA) is 29.5 Å². The minimum Gasteiger partial charge on any atom is -0.495 e. The van der Waals surface area contributed by atoms with Crippen molar-refractivity contribution < 1.29 is 9.53 Å². The van der Waals surface area contributed by atoms with Gasteiger partial charge in [-0.15, -0.1) is 0 Å². The Hall–Kier alpha value is -0.930. The van der Waals surface area contributed by atoms with E-state index >= 15 is 0 Å². The molecule has 0 saturated heterocycles. The van der Waals surface area contributed by atoms with Crippen molar-refractivity contribution in [2.24, 2.45) is 0 Å². The zero-order valence-corrected chi connectivity index (χ0v) is 10.2. The molecule has 0 aromatic heterocycles. The van der Waals surface area contributed by atoms with Crippen LogP contribution in [0.15, 0.2) is 12.1 Å². The van der Waals surface area contributed by atoms with Crippen LogP contribution in [0, 0.1) is 0 Å². The van der Waals surface area contributed by atoms with Crippen molar-refractivity contribution in [2.75, 3.05) is 19.1 Å². The quantitative estimate of drug-likeness (QED) is 0.805. The first kappa shape index (κ1) is 12.1. The average Bonchev–Trinajstić information content (AvgIpc) is 2.21. The van der Waals surface area contributed by atoms with Crippen LogP contribution >= 0.6 is 23.2 Å². The molecule has 0 N–H and O–H groups in total. The van der Waals surface area contributed by atoms with Gasteiger partial charge in [-0.1, -0.05) is 23.2 Å². The molecule has 15 heavy (non-hydrogen) atoms. The molecule has 3 nitrogen and oxygen atoms in total. The molecule has 0 bridgehead atoms. The largest absolute Gasteiger partial charge is 0.495 e. The summed E-state index contributed by atoms with van der Waals surface area (Å²) in [5, 5.41) is 0.624. The van der Waals surface area contributed by atoms with E-state index in [2.05, 4.69) is 0 Å². The van der Waals surface area contributed by atoms with Crippen LogP contribution < -0.4 is 9.64 Å². The third-order valence-electron chi connectivity index (χ3n) is 2.08. The maximum absolute atomic E-state index is 11.2. The van der Waals surface area contributed by atoms with Crippen molar-refractivity contribution in [3.63, 3.8) is 0 Å². The number of anilines is 1. The van der Waals surface area contributed by atoms with Crippen LogP contribution in [0.25, 0.3) is 0 Å². The molecule has 5 heteroatoms. The highest BCUT2D eigenvalue weighted by Gasteiger charge is 2.15. The first-order valence-corrected chi connectivity index (χ1v) is 5.01. The lowest BCUT2D eigenvalue weighted by atomic mass is 10.2. The lowest BCUT2D eigenvalue weighted by Gasteiger charge is -2.18. The zero-order valence-electron chi connectivity index (χ0n) is 8.67. The summed E-state index contributed by atoms with van der Waals surface area (Å²) >= 11 is 12.0. The number of nitrogens with zero attached hydrogens (tertiary/aromatic N) is 1. The van der Waals surface area contributed by atoms with Gasteiger partial charge in [-0.2, -0.15) is 0 Å². The Morgan fingerprint density at radius 2 is 1.93 bits per heavy atom. The lowest BCUT2D eigenvalue weighted by molar-refractivity contribution is -0.116. The van der Waals surface area contributed by atoms with Gasteiger partial charge in [-0.25, -0.2) is 0 Å². The van der Waals surface area contributed by atoms with Crippen LogP contribution in [0.5, 0.6) is 5.75 Å². The maximum Gasteiger partial charge on any atom is 0.223 e. The van der Waals surface area contributed by atoms with E-state index in [-0.39, 0.29) is 5.91 Å². The van der Waals surface area contributed by atoms with Crippen LogP contribution in [0.2, 0.25) is 10.0 Å². The molecule has 0 aliphatic rings. The average molecular weight is 248 g/mol. The summed E-state index contributed by atoms with van der Waals surface area (Å²) in [7, 11) is 3.14. The molecule has 0 aliphatic heterocycles. The molecule has 1 amide bonds. The van der Waals surface area contributed by atoms with Gasteiger partial charge < -0.3 is 9.64 Å². The molecule has 0 unspecified atom stereocenters. The zero-order chi connectivity index (χ0) is 11.6. The number of rotatable bonds is 2. The standard InChI is InChI=1S/C10H11Cl2NO2/c1-6(14)13(2)7-4-5-8(15-3)10(12)9(7)11/h4-5H,1-3H3. The molecule has 0 heterocycles. The Bertz CT molecular complexity index is 393. The van der Waals surface area contributed by atoms with Gasteiger partial charge >= 0.3 is 0 Å². The van der Waals surface area contributed by atoms with Crippen molar-refractivity contribution >= 4 is 34.8 Å². The Kier molecular flexibility index (Phi) is 3.83. The molecule has 0 spiro atoms. The number of amides is 1. The molecule has 0 atom stereocenters. The molecular formula is C10H11Cl2NO2.